The Morgan fingerprint density at radius 2 is 1.77 bits per heavy atom. The molecule has 2 aliphatic rings. The van der Waals surface area contributed by atoms with Crippen LogP contribution < -0.4 is 5.32 Å². The molecule has 0 spiro atoms. The molecule has 7 nitrogen and oxygen atoms in total. The molecule has 2 fully saturated rings. The van der Waals surface area contributed by atoms with Gasteiger partial charge in [-0.1, -0.05) is 6.07 Å². The summed E-state index contributed by atoms with van der Waals surface area (Å²) in [5.41, 5.74) is 0.846. The second-order valence-electron chi connectivity index (χ2n) is 7.05. The minimum atomic E-state index is -0.0188. The first-order valence-corrected chi connectivity index (χ1v) is 9.33. The van der Waals surface area contributed by atoms with Crippen LogP contribution in [0.2, 0.25) is 0 Å². The number of carbonyl (C=O) groups is 3. The summed E-state index contributed by atoms with van der Waals surface area (Å²) < 4.78 is 0. The van der Waals surface area contributed by atoms with Crippen LogP contribution in [0.3, 0.4) is 0 Å². The van der Waals surface area contributed by atoms with E-state index in [4.69, 9.17) is 0 Å². The Hall–Kier alpha value is -2.44. The van der Waals surface area contributed by atoms with Crippen molar-refractivity contribution in [3.8, 4) is 0 Å². The molecule has 0 atom stereocenters. The van der Waals surface area contributed by atoms with Crippen LogP contribution in [-0.4, -0.2) is 59.2 Å². The minimum absolute atomic E-state index is 0.0117. The van der Waals surface area contributed by atoms with Crippen molar-refractivity contribution in [2.24, 2.45) is 11.8 Å². The van der Waals surface area contributed by atoms with Gasteiger partial charge in [-0.05, 0) is 37.8 Å². The first kappa shape index (κ1) is 18.4. The lowest BCUT2D eigenvalue weighted by Gasteiger charge is -2.36. The molecule has 7 heteroatoms. The molecule has 26 heavy (non-hydrogen) atoms. The molecule has 1 saturated carbocycles. The fourth-order valence-electron chi connectivity index (χ4n) is 3.73. The lowest BCUT2D eigenvalue weighted by atomic mass is 9.81. The van der Waals surface area contributed by atoms with Crippen molar-refractivity contribution in [1.29, 1.82) is 0 Å². The highest BCUT2D eigenvalue weighted by Crippen LogP contribution is 2.30. The first-order chi connectivity index (χ1) is 12.7. The Balaban J connectivity index is 1.41. The molecule has 3 rings (SSSR count). The van der Waals surface area contributed by atoms with E-state index < -0.39 is 0 Å². The summed E-state index contributed by atoms with van der Waals surface area (Å²) in [4.78, 5) is 43.5. The van der Waals surface area contributed by atoms with Crippen molar-refractivity contribution in [2.45, 2.75) is 32.2 Å². The zero-order valence-electron chi connectivity index (χ0n) is 15.0. The van der Waals surface area contributed by atoms with E-state index in [1.807, 2.05) is 23.1 Å². The highest BCUT2D eigenvalue weighted by molar-refractivity contribution is 5.81. The number of aromatic nitrogens is 1. The van der Waals surface area contributed by atoms with Crippen molar-refractivity contribution in [3.05, 3.63) is 30.1 Å². The number of amides is 3. The SMILES string of the molecule is O=CN1CCN(C(=O)C2CCC(C(=O)NCc3ccccn3)CC2)CC1. The first-order valence-electron chi connectivity index (χ1n) is 9.33. The van der Waals surface area contributed by atoms with Gasteiger partial charge in [0.15, 0.2) is 0 Å². The van der Waals surface area contributed by atoms with Crippen molar-refractivity contribution < 1.29 is 14.4 Å². The number of piperazine rings is 1. The van der Waals surface area contributed by atoms with Gasteiger partial charge in [0.05, 0.1) is 12.2 Å². The maximum absolute atomic E-state index is 12.6. The molecule has 2 heterocycles. The van der Waals surface area contributed by atoms with Crippen LogP contribution in [-0.2, 0) is 20.9 Å². The second kappa shape index (κ2) is 8.78. The summed E-state index contributed by atoms with van der Waals surface area (Å²) in [5, 5.41) is 2.95. The largest absolute Gasteiger partial charge is 0.350 e. The van der Waals surface area contributed by atoms with Crippen LogP contribution in [0.4, 0.5) is 0 Å². The molecule has 1 aromatic rings. The molecule has 140 valence electrons. The van der Waals surface area contributed by atoms with E-state index in [1.54, 1.807) is 11.1 Å². The van der Waals surface area contributed by atoms with E-state index >= 15 is 0 Å². The van der Waals surface area contributed by atoms with Gasteiger partial charge in [-0.25, -0.2) is 0 Å². The third-order valence-electron chi connectivity index (χ3n) is 5.39. The van der Waals surface area contributed by atoms with Crippen LogP contribution in [0.5, 0.6) is 0 Å². The van der Waals surface area contributed by atoms with Gasteiger partial charge in [-0.3, -0.25) is 19.4 Å². The molecule has 0 aromatic carbocycles. The van der Waals surface area contributed by atoms with Gasteiger partial charge >= 0.3 is 0 Å². The maximum Gasteiger partial charge on any atom is 0.225 e. The number of pyridine rings is 1. The molecule has 1 aromatic heterocycles. The molecule has 0 unspecified atom stereocenters. The summed E-state index contributed by atoms with van der Waals surface area (Å²) in [6.45, 7) is 2.89. The third-order valence-corrected chi connectivity index (χ3v) is 5.39. The molecule has 0 bridgehead atoms. The summed E-state index contributed by atoms with van der Waals surface area (Å²) in [6.07, 6.45) is 5.57. The molecular weight excluding hydrogens is 332 g/mol. The number of carbonyl (C=O) groups excluding carboxylic acids is 3. The topological polar surface area (TPSA) is 82.6 Å². The summed E-state index contributed by atoms with van der Waals surface area (Å²) in [5.74, 6) is 0.233. The molecular formula is C19H26N4O3. The third kappa shape index (κ3) is 4.59. The fourth-order valence-corrected chi connectivity index (χ4v) is 3.73. The maximum atomic E-state index is 12.6. The minimum Gasteiger partial charge on any atom is -0.350 e. The van der Waals surface area contributed by atoms with Gasteiger partial charge in [0, 0.05) is 44.2 Å². The molecule has 1 saturated heterocycles. The number of nitrogens with one attached hydrogen (secondary N) is 1. The number of hydrogen-bond donors (Lipinski definition) is 1. The molecule has 1 aliphatic carbocycles. The quantitative estimate of drug-likeness (QED) is 0.790. The van der Waals surface area contributed by atoms with E-state index in [9.17, 15) is 14.4 Å². The summed E-state index contributed by atoms with van der Waals surface area (Å²) in [6, 6.07) is 5.64. The smallest absolute Gasteiger partial charge is 0.225 e. The Morgan fingerprint density at radius 1 is 1.08 bits per heavy atom. The molecule has 1 N–H and O–H groups in total. The van der Waals surface area contributed by atoms with Gasteiger partial charge in [0.1, 0.15) is 0 Å². The lowest BCUT2D eigenvalue weighted by Crippen LogP contribution is -2.50. The van der Waals surface area contributed by atoms with Crippen LogP contribution in [0.1, 0.15) is 31.4 Å². The Morgan fingerprint density at radius 3 is 2.38 bits per heavy atom. The zero-order chi connectivity index (χ0) is 18.4. The average Bonchev–Trinajstić information content (AvgIpc) is 2.72. The lowest BCUT2D eigenvalue weighted by molar-refractivity contribution is -0.141. The Bertz CT molecular complexity index is 621. The van der Waals surface area contributed by atoms with Gasteiger partial charge in [0.25, 0.3) is 0 Å². The van der Waals surface area contributed by atoms with Crippen molar-refractivity contribution in [3.63, 3.8) is 0 Å². The summed E-state index contributed by atoms with van der Waals surface area (Å²) in [7, 11) is 0. The second-order valence-corrected chi connectivity index (χ2v) is 7.05. The number of hydrogen-bond acceptors (Lipinski definition) is 4. The van der Waals surface area contributed by atoms with Crippen LogP contribution >= 0.6 is 0 Å². The highest BCUT2D eigenvalue weighted by Gasteiger charge is 2.33. The molecule has 1 aliphatic heterocycles. The van der Waals surface area contributed by atoms with Gasteiger partial charge in [-0.2, -0.15) is 0 Å². The van der Waals surface area contributed by atoms with Gasteiger partial charge < -0.3 is 15.1 Å². The number of nitrogens with zero attached hydrogens (tertiary/aromatic N) is 3. The predicted molar refractivity (Wildman–Crippen MR) is 95.7 cm³/mol. The standard InChI is InChI=1S/C19H26N4O3/c24-14-22-9-11-23(12-10-22)19(26)16-6-4-15(5-7-16)18(25)21-13-17-3-1-2-8-20-17/h1-3,8,14-16H,4-7,9-13H2,(H,21,25). The van der Waals surface area contributed by atoms with E-state index in [0.717, 1.165) is 37.8 Å². The summed E-state index contributed by atoms with van der Waals surface area (Å²) >= 11 is 0. The van der Waals surface area contributed by atoms with E-state index in [1.165, 1.54) is 0 Å². The van der Waals surface area contributed by atoms with Gasteiger partial charge in [-0.15, -0.1) is 0 Å². The van der Waals surface area contributed by atoms with Crippen LogP contribution in [0.25, 0.3) is 0 Å². The van der Waals surface area contributed by atoms with Crippen molar-refractivity contribution in [2.75, 3.05) is 26.2 Å². The molecule has 0 radical (unpaired) electrons. The Kier molecular flexibility index (Phi) is 6.20. The van der Waals surface area contributed by atoms with Gasteiger partial charge in [0.2, 0.25) is 18.2 Å². The average molecular weight is 358 g/mol. The van der Waals surface area contributed by atoms with E-state index in [-0.39, 0.29) is 23.7 Å². The number of rotatable bonds is 5. The van der Waals surface area contributed by atoms with Crippen molar-refractivity contribution >= 4 is 18.2 Å². The monoisotopic (exact) mass is 358 g/mol. The molecule has 3 amide bonds. The van der Waals surface area contributed by atoms with Crippen LogP contribution in [0, 0.1) is 11.8 Å². The van der Waals surface area contributed by atoms with Crippen LogP contribution in [0.15, 0.2) is 24.4 Å². The van der Waals surface area contributed by atoms with E-state index in [0.29, 0.717) is 32.7 Å². The highest BCUT2D eigenvalue weighted by atomic mass is 16.2. The normalized spacial score (nSPS) is 23.4. The predicted octanol–water partition coefficient (Wildman–Crippen LogP) is 0.805. The Labute approximate surface area is 153 Å². The van der Waals surface area contributed by atoms with E-state index in [2.05, 4.69) is 10.3 Å². The zero-order valence-corrected chi connectivity index (χ0v) is 15.0. The van der Waals surface area contributed by atoms with Crippen molar-refractivity contribution in [1.82, 2.24) is 20.1 Å². The fraction of sp³-hybridized carbons (Fsp3) is 0.579.